The molecule has 0 aliphatic carbocycles. The number of hydrogen-bond acceptors (Lipinski definition) is 5. The van der Waals surface area contributed by atoms with Crippen molar-refractivity contribution in [3.05, 3.63) is 34.1 Å². The summed E-state index contributed by atoms with van der Waals surface area (Å²) in [6.07, 6.45) is 0.502. The van der Waals surface area contributed by atoms with E-state index in [1.165, 1.54) is 17.0 Å². The topological polar surface area (TPSA) is 72.9 Å². The number of likely N-dealkylation sites (tertiary alicyclic amines) is 1. The molecule has 0 saturated carbocycles. The van der Waals surface area contributed by atoms with Gasteiger partial charge >= 0.3 is 12.1 Å². The normalized spacial score (nSPS) is 17.1. The van der Waals surface area contributed by atoms with E-state index in [4.69, 9.17) is 9.47 Å². The summed E-state index contributed by atoms with van der Waals surface area (Å²) in [6.45, 7) is 5.10. The molecule has 0 spiro atoms. The molecule has 0 bridgehead atoms. The number of carbonyl (C=O) groups excluding carboxylic acids is 3. The van der Waals surface area contributed by atoms with Crippen molar-refractivity contribution in [2.75, 3.05) is 13.2 Å². The van der Waals surface area contributed by atoms with Gasteiger partial charge in [0.05, 0.1) is 4.47 Å². The van der Waals surface area contributed by atoms with Crippen molar-refractivity contribution >= 4 is 33.8 Å². The number of nitrogens with zero attached hydrogens (tertiary/aromatic N) is 1. The zero-order chi connectivity index (χ0) is 19.5. The first-order valence-electron chi connectivity index (χ1n) is 8.23. The minimum Gasteiger partial charge on any atom is -0.456 e. The van der Waals surface area contributed by atoms with Crippen LogP contribution in [0.2, 0.25) is 0 Å². The maximum Gasteiger partial charge on any atom is 0.411 e. The van der Waals surface area contributed by atoms with Crippen LogP contribution in [-0.4, -0.2) is 47.5 Å². The highest BCUT2D eigenvalue weighted by molar-refractivity contribution is 9.10. The Hall–Kier alpha value is -1.96. The van der Waals surface area contributed by atoms with Crippen molar-refractivity contribution < 1.29 is 28.2 Å². The van der Waals surface area contributed by atoms with Gasteiger partial charge < -0.3 is 9.47 Å². The largest absolute Gasteiger partial charge is 0.456 e. The zero-order valence-electron chi connectivity index (χ0n) is 14.9. The lowest BCUT2D eigenvalue weighted by Crippen LogP contribution is -2.44. The lowest BCUT2D eigenvalue weighted by molar-refractivity contribution is -0.147. The van der Waals surface area contributed by atoms with Crippen molar-refractivity contribution in [1.82, 2.24) is 4.90 Å². The van der Waals surface area contributed by atoms with Gasteiger partial charge in [-0.15, -0.1) is 0 Å². The van der Waals surface area contributed by atoms with E-state index in [9.17, 15) is 18.8 Å². The van der Waals surface area contributed by atoms with E-state index >= 15 is 0 Å². The van der Waals surface area contributed by atoms with E-state index in [-0.39, 0.29) is 10.0 Å². The van der Waals surface area contributed by atoms with Crippen LogP contribution in [0.4, 0.5) is 9.18 Å². The molecular weight excluding hydrogens is 409 g/mol. The van der Waals surface area contributed by atoms with Crippen LogP contribution in [0.25, 0.3) is 0 Å². The number of ketones is 1. The lowest BCUT2D eigenvalue weighted by atomic mass is 10.1. The molecule has 1 amide bonds. The molecule has 142 valence electrons. The number of hydrogen-bond donors (Lipinski definition) is 0. The molecule has 6 nitrogen and oxygen atoms in total. The quantitative estimate of drug-likeness (QED) is 0.538. The molecule has 0 aromatic heterocycles. The third-order valence-electron chi connectivity index (χ3n) is 3.74. The number of ether oxygens (including phenoxy) is 2. The number of amides is 1. The van der Waals surface area contributed by atoms with Crippen LogP contribution in [0, 0.1) is 5.82 Å². The molecule has 1 aliphatic rings. The van der Waals surface area contributed by atoms with E-state index in [2.05, 4.69) is 15.9 Å². The molecule has 1 aliphatic heterocycles. The first kappa shape index (κ1) is 20.4. The first-order chi connectivity index (χ1) is 12.1. The minimum atomic E-state index is -0.778. The summed E-state index contributed by atoms with van der Waals surface area (Å²) in [6, 6.07) is 3.14. The molecule has 0 unspecified atom stereocenters. The van der Waals surface area contributed by atoms with Gasteiger partial charge in [0.15, 0.2) is 12.4 Å². The van der Waals surface area contributed by atoms with E-state index in [0.29, 0.717) is 19.4 Å². The second kappa shape index (κ2) is 8.16. The van der Waals surface area contributed by atoms with Crippen LogP contribution >= 0.6 is 15.9 Å². The van der Waals surface area contributed by atoms with Crippen LogP contribution in [0.5, 0.6) is 0 Å². The molecular formula is C18H21BrFNO5. The molecule has 1 aromatic rings. The molecule has 26 heavy (non-hydrogen) atoms. The highest BCUT2D eigenvalue weighted by atomic mass is 79.9. The van der Waals surface area contributed by atoms with Crippen molar-refractivity contribution in [3.63, 3.8) is 0 Å². The van der Waals surface area contributed by atoms with Crippen molar-refractivity contribution in [2.45, 2.75) is 45.3 Å². The van der Waals surface area contributed by atoms with Gasteiger partial charge in [-0.3, -0.25) is 9.69 Å². The number of benzene rings is 1. The van der Waals surface area contributed by atoms with Crippen molar-refractivity contribution in [1.29, 1.82) is 0 Å². The molecule has 1 heterocycles. The summed E-state index contributed by atoms with van der Waals surface area (Å²) in [5.74, 6) is -1.76. The van der Waals surface area contributed by atoms with Crippen LogP contribution in [0.3, 0.4) is 0 Å². The maximum absolute atomic E-state index is 13.5. The molecule has 1 fully saturated rings. The predicted molar refractivity (Wildman–Crippen MR) is 95.4 cm³/mol. The van der Waals surface area contributed by atoms with Crippen molar-refractivity contribution in [3.8, 4) is 0 Å². The summed E-state index contributed by atoms with van der Waals surface area (Å²) in [5, 5.41) is 0. The Morgan fingerprint density at radius 1 is 1.31 bits per heavy atom. The average Bonchev–Trinajstić information content (AvgIpc) is 3.03. The Morgan fingerprint density at radius 2 is 2.00 bits per heavy atom. The monoisotopic (exact) mass is 429 g/mol. The first-order valence-corrected chi connectivity index (χ1v) is 9.02. The Balaban J connectivity index is 1.94. The fourth-order valence-corrected chi connectivity index (χ4v) is 2.78. The standard InChI is InChI=1S/C18H21BrFNO5/c1-18(2,3)26-17(24)21-8-4-5-14(21)16(23)25-10-15(22)11-6-7-12(19)13(20)9-11/h6-7,9,14H,4-5,8,10H2,1-3H3/t14-/m0/s1. The summed E-state index contributed by atoms with van der Waals surface area (Å²) in [4.78, 5) is 37.8. The number of carbonyl (C=O) groups is 3. The highest BCUT2D eigenvalue weighted by Gasteiger charge is 2.37. The van der Waals surface area contributed by atoms with Crippen LogP contribution < -0.4 is 0 Å². The van der Waals surface area contributed by atoms with Crippen LogP contribution in [0.1, 0.15) is 44.0 Å². The van der Waals surface area contributed by atoms with Crippen LogP contribution in [0.15, 0.2) is 22.7 Å². The van der Waals surface area contributed by atoms with Crippen LogP contribution in [-0.2, 0) is 14.3 Å². The van der Waals surface area contributed by atoms with Gasteiger partial charge in [-0.25, -0.2) is 14.0 Å². The summed E-state index contributed by atoms with van der Waals surface area (Å²) >= 11 is 3.01. The van der Waals surface area contributed by atoms with Gasteiger partial charge in [-0.2, -0.15) is 0 Å². The molecule has 1 aromatic carbocycles. The molecule has 0 N–H and O–H groups in total. The number of Topliss-reactive ketones (excluding diaryl/α,β-unsaturated/α-hetero) is 1. The number of rotatable bonds is 4. The third kappa shape index (κ3) is 5.27. The summed E-state index contributed by atoms with van der Waals surface area (Å²) in [7, 11) is 0. The van der Waals surface area contributed by atoms with Gasteiger partial charge in [0.1, 0.15) is 17.5 Å². The molecule has 1 atom stereocenters. The Morgan fingerprint density at radius 3 is 2.62 bits per heavy atom. The minimum absolute atomic E-state index is 0.105. The summed E-state index contributed by atoms with van der Waals surface area (Å²) in [5.41, 5.74) is -0.565. The zero-order valence-corrected chi connectivity index (χ0v) is 16.5. The van der Waals surface area contributed by atoms with E-state index in [1.807, 2.05) is 0 Å². The fourth-order valence-electron chi connectivity index (χ4n) is 2.54. The van der Waals surface area contributed by atoms with Crippen molar-refractivity contribution in [2.24, 2.45) is 0 Å². The van der Waals surface area contributed by atoms with E-state index in [1.54, 1.807) is 20.8 Å². The Kier molecular flexibility index (Phi) is 6.39. The fraction of sp³-hybridized carbons (Fsp3) is 0.500. The lowest BCUT2D eigenvalue weighted by Gasteiger charge is -2.27. The van der Waals surface area contributed by atoms with Gasteiger partial charge in [-0.1, -0.05) is 0 Å². The predicted octanol–water partition coefficient (Wildman–Crippen LogP) is 3.71. The number of halogens is 2. The Labute approximate surface area is 159 Å². The van der Waals surface area contributed by atoms with Gasteiger partial charge in [0.2, 0.25) is 0 Å². The molecule has 1 saturated heterocycles. The molecule has 8 heteroatoms. The second-order valence-electron chi connectivity index (χ2n) is 6.99. The Bertz CT molecular complexity index is 716. The van der Waals surface area contributed by atoms with E-state index in [0.717, 1.165) is 6.07 Å². The van der Waals surface area contributed by atoms with Gasteiger partial charge in [-0.05, 0) is 67.7 Å². The SMILES string of the molecule is CC(C)(C)OC(=O)N1CCC[C@H]1C(=O)OCC(=O)c1ccc(Br)c(F)c1. The van der Waals surface area contributed by atoms with Gasteiger partial charge in [0, 0.05) is 12.1 Å². The maximum atomic E-state index is 13.5. The molecule has 0 radical (unpaired) electrons. The molecule has 2 rings (SSSR count). The highest BCUT2D eigenvalue weighted by Crippen LogP contribution is 2.22. The average molecular weight is 430 g/mol. The second-order valence-corrected chi connectivity index (χ2v) is 7.85. The van der Waals surface area contributed by atoms with E-state index < -0.39 is 41.9 Å². The smallest absolute Gasteiger partial charge is 0.411 e. The van der Waals surface area contributed by atoms with Gasteiger partial charge in [0.25, 0.3) is 0 Å². The number of esters is 1. The summed E-state index contributed by atoms with van der Waals surface area (Å²) < 4.78 is 24.1. The third-order valence-corrected chi connectivity index (χ3v) is 4.38.